The molecule has 0 spiro atoms. The summed E-state index contributed by atoms with van der Waals surface area (Å²) in [6.45, 7) is 0. The van der Waals surface area contributed by atoms with E-state index < -0.39 is 17.9 Å². The normalized spacial score (nSPS) is 20.7. The number of benzene rings is 1. The van der Waals surface area contributed by atoms with Gasteiger partial charge in [-0.2, -0.15) is 0 Å². The molecule has 0 saturated carbocycles. The third-order valence-corrected chi connectivity index (χ3v) is 3.27. The highest BCUT2D eigenvalue weighted by Gasteiger charge is 2.25. The zero-order valence-corrected chi connectivity index (χ0v) is 11.8. The number of anilines is 1. The summed E-state index contributed by atoms with van der Waals surface area (Å²) in [5.41, 5.74) is 0.469. The topological polar surface area (TPSA) is 78.4 Å². The van der Waals surface area contributed by atoms with Gasteiger partial charge in [-0.05, 0) is 24.6 Å². The van der Waals surface area contributed by atoms with Crippen molar-refractivity contribution in [2.75, 3.05) is 5.32 Å². The van der Waals surface area contributed by atoms with Gasteiger partial charge in [-0.1, -0.05) is 35.4 Å². The number of hydrogen-bond acceptors (Lipinski definition) is 2. The molecule has 1 aliphatic rings. The van der Waals surface area contributed by atoms with Crippen LogP contribution in [0.25, 0.3) is 0 Å². The Balaban J connectivity index is 1.90. The molecule has 1 aliphatic carbocycles. The van der Waals surface area contributed by atoms with Crippen molar-refractivity contribution in [1.29, 1.82) is 0 Å². The van der Waals surface area contributed by atoms with E-state index in [1.165, 1.54) is 0 Å². The molecule has 2 amide bonds. The Morgan fingerprint density at radius 2 is 1.80 bits per heavy atom. The van der Waals surface area contributed by atoms with Crippen molar-refractivity contribution < 1.29 is 14.7 Å². The molecule has 7 heteroatoms. The standard InChI is InChI=1S/C13H12Cl2N2O3/c14-8-4-9(15)6-11(5-8)17-13(20)16-10-2-1-7(3-10)12(18)19/h1-2,4-7,10H,3H2,(H,18,19)(H2,16,17,20). The summed E-state index contributed by atoms with van der Waals surface area (Å²) in [5.74, 6) is -1.45. The Morgan fingerprint density at radius 1 is 1.15 bits per heavy atom. The molecule has 106 valence electrons. The second kappa shape index (κ2) is 6.15. The van der Waals surface area contributed by atoms with E-state index in [0.717, 1.165) is 0 Å². The molecule has 5 nitrogen and oxygen atoms in total. The second-order valence-corrected chi connectivity index (χ2v) is 5.30. The Labute approximate surface area is 125 Å². The molecule has 0 bridgehead atoms. The van der Waals surface area contributed by atoms with Crippen molar-refractivity contribution in [1.82, 2.24) is 5.32 Å². The van der Waals surface area contributed by atoms with Crippen LogP contribution in [0.1, 0.15) is 6.42 Å². The Kier molecular flexibility index (Phi) is 4.52. The predicted octanol–water partition coefficient (Wildman–Crippen LogP) is 3.14. The van der Waals surface area contributed by atoms with Crippen LogP contribution in [-0.2, 0) is 4.79 Å². The average Bonchev–Trinajstić information content (AvgIpc) is 2.75. The molecule has 1 aromatic carbocycles. The molecule has 20 heavy (non-hydrogen) atoms. The van der Waals surface area contributed by atoms with Gasteiger partial charge >= 0.3 is 12.0 Å². The maximum absolute atomic E-state index is 11.8. The monoisotopic (exact) mass is 314 g/mol. The number of hydrogen-bond donors (Lipinski definition) is 3. The van der Waals surface area contributed by atoms with Crippen LogP contribution in [0.5, 0.6) is 0 Å². The summed E-state index contributed by atoms with van der Waals surface area (Å²) in [6, 6.07) is 3.95. The fraction of sp³-hybridized carbons (Fsp3) is 0.231. The van der Waals surface area contributed by atoms with Crippen LogP contribution in [0, 0.1) is 5.92 Å². The summed E-state index contributed by atoms with van der Waals surface area (Å²) in [5, 5.41) is 14.9. The number of carbonyl (C=O) groups excluding carboxylic acids is 1. The first-order valence-corrected chi connectivity index (χ1v) is 6.64. The van der Waals surface area contributed by atoms with E-state index in [0.29, 0.717) is 22.2 Å². The van der Waals surface area contributed by atoms with Crippen molar-refractivity contribution >= 4 is 40.9 Å². The van der Waals surface area contributed by atoms with E-state index in [-0.39, 0.29) is 6.04 Å². The first-order valence-electron chi connectivity index (χ1n) is 5.89. The Bertz CT molecular complexity index is 554. The van der Waals surface area contributed by atoms with Crippen LogP contribution in [0.3, 0.4) is 0 Å². The van der Waals surface area contributed by atoms with Crippen molar-refractivity contribution in [2.45, 2.75) is 12.5 Å². The van der Waals surface area contributed by atoms with Crippen LogP contribution in [-0.4, -0.2) is 23.1 Å². The fourth-order valence-electron chi connectivity index (χ4n) is 1.95. The minimum Gasteiger partial charge on any atom is -0.481 e. The molecule has 0 aromatic heterocycles. The number of carboxylic acid groups (broad SMARTS) is 1. The highest BCUT2D eigenvalue weighted by atomic mass is 35.5. The molecule has 2 unspecified atom stereocenters. The smallest absolute Gasteiger partial charge is 0.319 e. The summed E-state index contributed by atoms with van der Waals surface area (Å²) in [7, 11) is 0. The van der Waals surface area contributed by atoms with Crippen LogP contribution in [0.2, 0.25) is 10.0 Å². The van der Waals surface area contributed by atoms with Gasteiger partial charge in [0, 0.05) is 15.7 Å². The highest BCUT2D eigenvalue weighted by molar-refractivity contribution is 6.35. The summed E-state index contributed by atoms with van der Waals surface area (Å²) < 4.78 is 0. The molecule has 2 rings (SSSR count). The molecule has 0 saturated heterocycles. The number of carbonyl (C=O) groups is 2. The van der Waals surface area contributed by atoms with Gasteiger partial charge in [-0.25, -0.2) is 4.79 Å². The summed E-state index contributed by atoms with van der Waals surface area (Å²) >= 11 is 11.7. The number of amides is 2. The molecular weight excluding hydrogens is 303 g/mol. The van der Waals surface area contributed by atoms with Gasteiger partial charge in [0.05, 0.1) is 12.0 Å². The quantitative estimate of drug-likeness (QED) is 0.750. The largest absolute Gasteiger partial charge is 0.481 e. The first-order chi connectivity index (χ1) is 9.44. The van der Waals surface area contributed by atoms with Crippen molar-refractivity contribution in [3.63, 3.8) is 0 Å². The van der Waals surface area contributed by atoms with E-state index in [1.54, 1.807) is 30.4 Å². The van der Waals surface area contributed by atoms with E-state index >= 15 is 0 Å². The minimum absolute atomic E-state index is 0.300. The third-order valence-electron chi connectivity index (χ3n) is 2.84. The molecule has 0 heterocycles. The van der Waals surface area contributed by atoms with Gasteiger partial charge in [0.2, 0.25) is 0 Å². The molecule has 2 atom stereocenters. The number of carboxylic acids is 1. The summed E-state index contributed by atoms with van der Waals surface area (Å²) in [6.07, 6.45) is 3.59. The second-order valence-electron chi connectivity index (χ2n) is 4.43. The Morgan fingerprint density at radius 3 is 2.35 bits per heavy atom. The van der Waals surface area contributed by atoms with Gasteiger partial charge in [-0.3, -0.25) is 4.79 Å². The van der Waals surface area contributed by atoms with E-state index in [4.69, 9.17) is 28.3 Å². The first kappa shape index (κ1) is 14.7. The molecule has 1 aromatic rings. The molecule has 0 radical (unpaired) electrons. The lowest BCUT2D eigenvalue weighted by Crippen LogP contribution is -2.36. The summed E-state index contributed by atoms with van der Waals surface area (Å²) in [4.78, 5) is 22.6. The molecular formula is C13H12Cl2N2O3. The van der Waals surface area contributed by atoms with Gasteiger partial charge < -0.3 is 15.7 Å². The van der Waals surface area contributed by atoms with Crippen LogP contribution in [0.15, 0.2) is 30.4 Å². The third kappa shape index (κ3) is 3.88. The maximum Gasteiger partial charge on any atom is 0.319 e. The fourth-order valence-corrected chi connectivity index (χ4v) is 2.48. The zero-order valence-electron chi connectivity index (χ0n) is 10.3. The molecule has 0 aliphatic heterocycles. The molecule has 3 N–H and O–H groups in total. The number of halogens is 2. The van der Waals surface area contributed by atoms with Crippen molar-refractivity contribution in [3.05, 3.63) is 40.4 Å². The van der Waals surface area contributed by atoms with Gasteiger partial charge in [0.15, 0.2) is 0 Å². The van der Waals surface area contributed by atoms with Crippen molar-refractivity contribution in [3.8, 4) is 0 Å². The lowest BCUT2D eigenvalue weighted by molar-refractivity contribution is -0.140. The van der Waals surface area contributed by atoms with Crippen LogP contribution in [0.4, 0.5) is 10.5 Å². The Hall–Kier alpha value is -1.72. The van der Waals surface area contributed by atoms with E-state index in [2.05, 4.69) is 10.6 Å². The number of nitrogens with one attached hydrogen (secondary N) is 2. The number of urea groups is 1. The lowest BCUT2D eigenvalue weighted by atomic mass is 10.1. The SMILES string of the molecule is O=C(Nc1cc(Cl)cc(Cl)c1)NC1C=CC(C(=O)O)C1. The van der Waals surface area contributed by atoms with Crippen molar-refractivity contribution in [2.24, 2.45) is 5.92 Å². The van der Waals surface area contributed by atoms with Gasteiger partial charge in [-0.15, -0.1) is 0 Å². The highest BCUT2D eigenvalue weighted by Crippen LogP contribution is 2.22. The molecule has 0 fully saturated rings. The zero-order chi connectivity index (χ0) is 14.7. The van der Waals surface area contributed by atoms with Gasteiger partial charge in [0.25, 0.3) is 0 Å². The van der Waals surface area contributed by atoms with Crippen LogP contribution >= 0.6 is 23.2 Å². The minimum atomic E-state index is -0.896. The number of rotatable bonds is 3. The van der Waals surface area contributed by atoms with Crippen LogP contribution < -0.4 is 10.6 Å². The van der Waals surface area contributed by atoms with E-state index in [1.807, 2.05) is 0 Å². The van der Waals surface area contributed by atoms with E-state index in [9.17, 15) is 9.59 Å². The number of aliphatic carboxylic acids is 1. The predicted molar refractivity (Wildman–Crippen MR) is 77.3 cm³/mol. The lowest BCUT2D eigenvalue weighted by Gasteiger charge is -2.13. The average molecular weight is 315 g/mol. The maximum atomic E-state index is 11.8. The van der Waals surface area contributed by atoms with Gasteiger partial charge in [0.1, 0.15) is 0 Å².